The Hall–Kier alpha value is -0.820. The number of aliphatic hydroxyl groups excluding tert-OH is 1. The molecular weight excluding hydrogens is 256 g/mol. The first-order valence-corrected chi connectivity index (χ1v) is 8.51. The van der Waals surface area contributed by atoms with Crippen LogP contribution in [0.3, 0.4) is 0 Å². The van der Waals surface area contributed by atoms with Crippen LogP contribution in [-0.4, -0.2) is 11.7 Å². The van der Waals surface area contributed by atoms with Crippen LogP contribution in [0.1, 0.15) is 79.6 Å². The van der Waals surface area contributed by atoms with Gasteiger partial charge in [-0.15, -0.1) is 0 Å². The second-order valence-electron chi connectivity index (χ2n) is 6.68. The van der Waals surface area contributed by atoms with E-state index in [1.165, 1.54) is 48.8 Å². The summed E-state index contributed by atoms with van der Waals surface area (Å²) >= 11 is 0. The first kappa shape index (κ1) is 20.2. The Kier molecular flexibility index (Phi) is 12.4. The van der Waals surface area contributed by atoms with Crippen LogP contribution in [0, 0.1) is 5.92 Å². The molecule has 0 spiro atoms. The highest BCUT2D eigenvalue weighted by molar-refractivity contribution is 5.03. The molecule has 0 aliphatic rings. The normalized spacial score (nSPS) is 14.2. The first-order valence-electron chi connectivity index (χ1n) is 8.51. The van der Waals surface area contributed by atoms with Gasteiger partial charge in [-0.2, -0.15) is 0 Å². The highest BCUT2D eigenvalue weighted by Crippen LogP contribution is 2.18. The Labute approximate surface area is 132 Å². The first-order chi connectivity index (χ1) is 9.95. The second kappa shape index (κ2) is 12.9. The van der Waals surface area contributed by atoms with Crippen molar-refractivity contribution in [3.05, 3.63) is 34.9 Å². The Bertz CT molecular complexity index is 343. The summed E-state index contributed by atoms with van der Waals surface area (Å²) in [6, 6.07) is 0. The van der Waals surface area contributed by atoms with E-state index in [1.807, 2.05) is 6.08 Å². The molecule has 0 amide bonds. The van der Waals surface area contributed by atoms with E-state index < -0.39 is 0 Å². The van der Waals surface area contributed by atoms with Crippen molar-refractivity contribution in [2.24, 2.45) is 5.92 Å². The zero-order valence-electron chi connectivity index (χ0n) is 14.9. The minimum Gasteiger partial charge on any atom is -0.392 e. The lowest BCUT2D eigenvalue weighted by atomic mass is 9.96. The van der Waals surface area contributed by atoms with Crippen LogP contribution in [0.5, 0.6) is 0 Å². The maximum absolute atomic E-state index is 8.81. The topological polar surface area (TPSA) is 20.2 Å². The van der Waals surface area contributed by atoms with Crippen molar-refractivity contribution in [3.63, 3.8) is 0 Å². The van der Waals surface area contributed by atoms with E-state index in [0.29, 0.717) is 0 Å². The highest BCUT2D eigenvalue weighted by atomic mass is 16.2. The van der Waals surface area contributed by atoms with Gasteiger partial charge in [-0.05, 0) is 72.1 Å². The van der Waals surface area contributed by atoms with Gasteiger partial charge in [-0.1, -0.05) is 48.3 Å². The van der Waals surface area contributed by atoms with Gasteiger partial charge in [0.2, 0.25) is 0 Å². The molecule has 1 nitrogen and oxygen atoms in total. The van der Waals surface area contributed by atoms with Crippen molar-refractivity contribution < 1.29 is 5.11 Å². The van der Waals surface area contributed by atoms with Crippen molar-refractivity contribution in [1.29, 1.82) is 0 Å². The van der Waals surface area contributed by atoms with Gasteiger partial charge >= 0.3 is 0 Å². The van der Waals surface area contributed by atoms with E-state index in [2.05, 4.69) is 46.8 Å². The molecule has 0 bridgehead atoms. The van der Waals surface area contributed by atoms with E-state index in [-0.39, 0.29) is 6.61 Å². The van der Waals surface area contributed by atoms with E-state index in [4.69, 9.17) is 5.11 Å². The average molecular weight is 293 g/mol. The largest absolute Gasteiger partial charge is 0.392 e. The quantitative estimate of drug-likeness (QED) is 0.449. The smallest absolute Gasteiger partial charge is 0.0614 e. The molecule has 0 aromatic heterocycles. The van der Waals surface area contributed by atoms with Crippen LogP contribution in [0.4, 0.5) is 0 Å². The summed E-state index contributed by atoms with van der Waals surface area (Å²) < 4.78 is 0. The average Bonchev–Trinajstić information content (AvgIpc) is 2.38. The molecular formula is C20H36O. The number of allylic oxidation sites excluding steroid dienone is 5. The van der Waals surface area contributed by atoms with Crippen molar-refractivity contribution >= 4 is 0 Å². The molecule has 21 heavy (non-hydrogen) atoms. The van der Waals surface area contributed by atoms with Crippen LogP contribution < -0.4 is 0 Å². The molecule has 0 fully saturated rings. The van der Waals surface area contributed by atoms with Gasteiger partial charge in [0.05, 0.1) is 6.61 Å². The summed E-state index contributed by atoms with van der Waals surface area (Å²) in [6.07, 6.45) is 15.2. The Balaban J connectivity index is 3.75. The molecule has 1 atom stereocenters. The summed E-state index contributed by atoms with van der Waals surface area (Å²) in [6.45, 7) is 11.2. The molecule has 122 valence electrons. The summed E-state index contributed by atoms with van der Waals surface area (Å²) in [5, 5.41) is 8.81. The molecule has 1 N–H and O–H groups in total. The van der Waals surface area contributed by atoms with Gasteiger partial charge < -0.3 is 5.11 Å². The fourth-order valence-corrected chi connectivity index (χ4v) is 2.44. The van der Waals surface area contributed by atoms with E-state index >= 15 is 0 Å². The molecule has 0 rings (SSSR count). The molecule has 1 unspecified atom stereocenters. The molecule has 0 saturated heterocycles. The summed E-state index contributed by atoms with van der Waals surface area (Å²) in [7, 11) is 0. The van der Waals surface area contributed by atoms with E-state index in [9.17, 15) is 0 Å². The third-order valence-corrected chi connectivity index (χ3v) is 3.95. The van der Waals surface area contributed by atoms with E-state index in [1.54, 1.807) is 0 Å². The van der Waals surface area contributed by atoms with Crippen molar-refractivity contribution in [1.82, 2.24) is 0 Å². The molecule has 0 aromatic rings. The summed E-state index contributed by atoms with van der Waals surface area (Å²) in [4.78, 5) is 0. The van der Waals surface area contributed by atoms with Crippen LogP contribution in [0.2, 0.25) is 0 Å². The van der Waals surface area contributed by atoms with Gasteiger partial charge in [-0.3, -0.25) is 0 Å². The maximum atomic E-state index is 8.81. The fraction of sp³-hybridized carbons (Fsp3) is 0.700. The van der Waals surface area contributed by atoms with Gasteiger partial charge in [0.15, 0.2) is 0 Å². The minimum atomic E-state index is 0.166. The molecule has 0 radical (unpaired) electrons. The number of hydrogen-bond donors (Lipinski definition) is 1. The van der Waals surface area contributed by atoms with Gasteiger partial charge in [-0.25, -0.2) is 0 Å². The van der Waals surface area contributed by atoms with Crippen LogP contribution in [-0.2, 0) is 0 Å². The predicted molar refractivity (Wildman–Crippen MR) is 95.5 cm³/mol. The second-order valence-corrected chi connectivity index (χ2v) is 6.68. The van der Waals surface area contributed by atoms with Crippen molar-refractivity contribution in [3.8, 4) is 0 Å². The molecule has 0 saturated carbocycles. The van der Waals surface area contributed by atoms with Crippen LogP contribution in [0.15, 0.2) is 34.9 Å². The predicted octanol–water partition coefficient (Wildman–Crippen LogP) is 6.20. The van der Waals surface area contributed by atoms with Gasteiger partial charge in [0.25, 0.3) is 0 Å². The lowest BCUT2D eigenvalue weighted by Gasteiger charge is -2.10. The molecule has 0 aliphatic heterocycles. The monoisotopic (exact) mass is 292 g/mol. The fourth-order valence-electron chi connectivity index (χ4n) is 2.44. The number of aliphatic hydroxyl groups is 1. The maximum Gasteiger partial charge on any atom is 0.0614 e. The molecule has 0 aromatic carbocycles. The van der Waals surface area contributed by atoms with Crippen LogP contribution in [0.25, 0.3) is 0 Å². The third kappa shape index (κ3) is 13.9. The summed E-state index contributed by atoms with van der Waals surface area (Å²) in [5.41, 5.74) is 4.24. The minimum absolute atomic E-state index is 0.166. The SMILES string of the molecule is CC(C)=CCCC(C)CCCC(C)=CCCC(C)=CCO. The van der Waals surface area contributed by atoms with Crippen LogP contribution >= 0.6 is 0 Å². The van der Waals surface area contributed by atoms with Gasteiger partial charge in [0.1, 0.15) is 0 Å². The van der Waals surface area contributed by atoms with Gasteiger partial charge in [0, 0.05) is 0 Å². The number of rotatable bonds is 11. The van der Waals surface area contributed by atoms with Crippen molar-refractivity contribution in [2.75, 3.05) is 6.61 Å². The molecule has 0 heterocycles. The zero-order valence-corrected chi connectivity index (χ0v) is 14.9. The third-order valence-electron chi connectivity index (χ3n) is 3.95. The molecule has 1 heteroatoms. The zero-order chi connectivity index (χ0) is 16.1. The Morgan fingerprint density at radius 2 is 1.52 bits per heavy atom. The lowest BCUT2D eigenvalue weighted by molar-refractivity contribution is 0.341. The van der Waals surface area contributed by atoms with E-state index in [0.717, 1.165) is 18.8 Å². The Morgan fingerprint density at radius 3 is 2.14 bits per heavy atom. The molecule has 0 aliphatic carbocycles. The lowest BCUT2D eigenvalue weighted by Crippen LogP contribution is -1.94. The van der Waals surface area contributed by atoms with Crippen molar-refractivity contribution in [2.45, 2.75) is 79.6 Å². The number of hydrogen-bond acceptors (Lipinski definition) is 1. The summed E-state index contributed by atoms with van der Waals surface area (Å²) in [5.74, 6) is 0.836. The highest BCUT2D eigenvalue weighted by Gasteiger charge is 2.01. The Morgan fingerprint density at radius 1 is 0.857 bits per heavy atom. The standard InChI is InChI=1S/C20H36O/c1-17(2)9-6-10-18(3)11-7-12-19(4)13-8-14-20(5)15-16-21/h9,13,15,18,21H,6-8,10-12,14,16H2,1-5H3.